The number of carbonyl (C=O) groups is 1. The number of amides is 1. The Morgan fingerprint density at radius 2 is 1.88 bits per heavy atom. The van der Waals surface area contributed by atoms with Crippen molar-refractivity contribution in [3.63, 3.8) is 0 Å². The molecule has 0 aromatic heterocycles. The van der Waals surface area contributed by atoms with E-state index in [1.807, 2.05) is 30.3 Å². The molecule has 0 aliphatic carbocycles. The molecule has 2 aromatic carbocycles. The van der Waals surface area contributed by atoms with Gasteiger partial charge in [-0.3, -0.25) is 4.79 Å². The molecule has 0 bridgehead atoms. The molecule has 1 aliphatic rings. The molecule has 24 heavy (non-hydrogen) atoms. The van der Waals surface area contributed by atoms with Gasteiger partial charge >= 0.3 is 0 Å². The van der Waals surface area contributed by atoms with Gasteiger partial charge in [-0.1, -0.05) is 30.3 Å². The average molecular weight is 391 g/mol. The molecule has 126 valence electrons. The van der Waals surface area contributed by atoms with Crippen LogP contribution in [0.3, 0.4) is 0 Å². The summed E-state index contributed by atoms with van der Waals surface area (Å²) in [5, 5.41) is 3.07. The van der Waals surface area contributed by atoms with Crippen molar-refractivity contribution in [2.75, 3.05) is 19.6 Å². The molecule has 1 heterocycles. The normalized spacial score (nSPS) is 16.1. The van der Waals surface area contributed by atoms with Gasteiger partial charge in [-0.2, -0.15) is 0 Å². The zero-order valence-electron chi connectivity index (χ0n) is 13.3. The van der Waals surface area contributed by atoms with Crippen LogP contribution in [0.2, 0.25) is 0 Å². The Kier molecular flexibility index (Phi) is 5.63. The van der Waals surface area contributed by atoms with Crippen LogP contribution in [0.5, 0.6) is 0 Å². The van der Waals surface area contributed by atoms with Crippen LogP contribution >= 0.6 is 15.9 Å². The van der Waals surface area contributed by atoms with Crippen LogP contribution in [0.15, 0.2) is 53.0 Å². The minimum Gasteiger partial charge on any atom is -0.344 e. The zero-order chi connectivity index (χ0) is 16.9. The maximum absolute atomic E-state index is 13.5. The Labute approximate surface area is 150 Å². The highest BCUT2D eigenvalue weighted by Gasteiger charge is 2.22. The van der Waals surface area contributed by atoms with Crippen molar-refractivity contribution in [3.8, 4) is 0 Å². The summed E-state index contributed by atoms with van der Waals surface area (Å²) in [6, 6.07) is 14.0. The van der Waals surface area contributed by atoms with Crippen molar-refractivity contribution in [2.45, 2.75) is 18.9 Å². The number of rotatable bonds is 5. The first-order valence-electron chi connectivity index (χ1n) is 8.17. The second-order valence-corrected chi connectivity index (χ2v) is 6.92. The summed E-state index contributed by atoms with van der Waals surface area (Å²) >= 11 is 3.33. The summed E-state index contributed by atoms with van der Waals surface area (Å²) in [5.41, 5.74) is 1.38. The van der Waals surface area contributed by atoms with Crippen molar-refractivity contribution in [1.82, 2.24) is 10.2 Å². The van der Waals surface area contributed by atoms with Crippen LogP contribution < -0.4 is 5.32 Å². The van der Waals surface area contributed by atoms with E-state index in [-0.39, 0.29) is 11.9 Å². The first kappa shape index (κ1) is 17.1. The Morgan fingerprint density at radius 1 is 1.17 bits per heavy atom. The number of carbonyl (C=O) groups excluding carboxylic acids is 1. The van der Waals surface area contributed by atoms with Gasteiger partial charge in [-0.25, -0.2) is 4.39 Å². The van der Waals surface area contributed by atoms with E-state index < -0.39 is 5.82 Å². The van der Waals surface area contributed by atoms with Crippen molar-refractivity contribution < 1.29 is 9.18 Å². The molecule has 1 amide bonds. The first-order valence-corrected chi connectivity index (χ1v) is 8.96. The maximum atomic E-state index is 13.5. The molecule has 0 spiro atoms. The third-order valence-corrected chi connectivity index (χ3v) is 5.01. The predicted molar refractivity (Wildman–Crippen MR) is 96.4 cm³/mol. The quantitative estimate of drug-likeness (QED) is 0.831. The minimum atomic E-state index is -0.417. The summed E-state index contributed by atoms with van der Waals surface area (Å²) in [4.78, 5) is 15.0. The largest absolute Gasteiger partial charge is 0.344 e. The first-order chi connectivity index (χ1) is 11.6. The molecular formula is C19H20BrFN2O. The van der Waals surface area contributed by atoms with Gasteiger partial charge in [-0.05, 0) is 65.6 Å². The number of likely N-dealkylation sites (tertiary alicyclic amines) is 1. The van der Waals surface area contributed by atoms with E-state index in [1.54, 1.807) is 6.07 Å². The fourth-order valence-electron chi connectivity index (χ4n) is 3.05. The van der Waals surface area contributed by atoms with Crippen LogP contribution in [0.4, 0.5) is 4.39 Å². The lowest BCUT2D eigenvalue weighted by atomic mass is 10.1. The van der Waals surface area contributed by atoms with Gasteiger partial charge in [0.05, 0.1) is 11.6 Å². The number of hydrogen-bond donors (Lipinski definition) is 1. The molecule has 1 fully saturated rings. The lowest BCUT2D eigenvalue weighted by molar-refractivity contribution is 0.0926. The van der Waals surface area contributed by atoms with E-state index >= 15 is 0 Å². The Hall–Kier alpha value is -1.72. The summed E-state index contributed by atoms with van der Waals surface area (Å²) in [7, 11) is 0. The fourth-order valence-corrected chi connectivity index (χ4v) is 3.48. The smallest absolute Gasteiger partial charge is 0.253 e. The highest BCUT2D eigenvalue weighted by molar-refractivity contribution is 9.10. The summed E-state index contributed by atoms with van der Waals surface area (Å²) in [6.45, 7) is 2.88. The standard InChI is InChI=1S/C19H20BrFN2O/c20-17-9-8-15(21)12-16(17)19(24)22-18(13-23-10-4-5-11-23)14-6-2-1-3-7-14/h1-3,6-9,12,18H,4-5,10-11,13H2,(H,22,24). The van der Waals surface area contributed by atoms with Crippen LogP contribution in [0.25, 0.3) is 0 Å². The third-order valence-electron chi connectivity index (χ3n) is 4.32. The van der Waals surface area contributed by atoms with Crippen molar-refractivity contribution >= 4 is 21.8 Å². The van der Waals surface area contributed by atoms with Crippen molar-refractivity contribution in [1.29, 1.82) is 0 Å². The molecule has 0 radical (unpaired) electrons. The van der Waals surface area contributed by atoms with Gasteiger partial charge in [0.25, 0.3) is 5.91 Å². The molecule has 1 aliphatic heterocycles. The number of nitrogens with zero attached hydrogens (tertiary/aromatic N) is 1. The Bertz CT molecular complexity index is 702. The Balaban J connectivity index is 1.80. The molecule has 3 nitrogen and oxygen atoms in total. The second kappa shape index (κ2) is 7.90. The second-order valence-electron chi connectivity index (χ2n) is 6.07. The SMILES string of the molecule is O=C(NC(CN1CCCC1)c1ccccc1)c1cc(F)ccc1Br. The maximum Gasteiger partial charge on any atom is 0.253 e. The van der Waals surface area contributed by atoms with Gasteiger partial charge in [0.2, 0.25) is 0 Å². The van der Waals surface area contributed by atoms with Crippen LogP contribution in [-0.4, -0.2) is 30.4 Å². The molecule has 1 saturated heterocycles. The molecule has 1 unspecified atom stereocenters. The molecule has 3 rings (SSSR count). The molecular weight excluding hydrogens is 371 g/mol. The molecule has 5 heteroatoms. The summed E-state index contributed by atoms with van der Waals surface area (Å²) in [6.07, 6.45) is 2.40. The number of halogens is 2. The number of hydrogen-bond acceptors (Lipinski definition) is 2. The molecule has 2 aromatic rings. The third kappa shape index (κ3) is 4.22. The van der Waals surface area contributed by atoms with Crippen molar-refractivity contribution in [2.24, 2.45) is 0 Å². The fraction of sp³-hybridized carbons (Fsp3) is 0.316. The summed E-state index contributed by atoms with van der Waals surface area (Å²) < 4.78 is 14.1. The van der Waals surface area contributed by atoms with E-state index in [1.165, 1.54) is 25.0 Å². The van der Waals surface area contributed by atoms with E-state index in [4.69, 9.17) is 0 Å². The monoisotopic (exact) mass is 390 g/mol. The Morgan fingerprint density at radius 3 is 2.58 bits per heavy atom. The number of benzene rings is 2. The zero-order valence-corrected chi connectivity index (χ0v) is 14.9. The van der Waals surface area contributed by atoms with Gasteiger partial charge in [-0.15, -0.1) is 0 Å². The van der Waals surface area contributed by atoms with Crippen LogP contribution in [0, 0.1) is 5.82 Å². The van der Waals surface area contributed by atoms with Gasteiger partial charge < -0.3 is 10.2 Å². The lowest BCUT2D eigenvalue weighted by Crippen LogP contribution is -2.37. The van der Waals surface area contributed by atoms with Gasteiger partial charge in [0.1, 0.15) is 5.82 Å². The van der Waals surface area contributed by atoms with Crippen molar-refractivity contribution in [3.05, 3.63) is 69.9 Å². The van der Waals surface area contributed by atoms with E-state index in [0.29, 0.717) is 10.0 Å². The minimum absolute atomic E-state index is 0.119. The molecule has 1 N–H and O–H groups in total. The highest BCUT2D eigenvalue weighted by Crippen LogP contribution is 2.21. The highest BCUT2D eigenvalue weighted by atomic mass is 79.9. The predicted octanol–water partition coefficient (Wildman–Crippen LogP) is 4.16. The van der Waals surface area contributed by atoms with Gasteiger partial charge in [0, 0.05) is 11.0 Å². The van der Waals surface area contributed by atoms with E-state index in [0.717, 1.165) is 25.2 Å². The molecule has 1 atom stereocenters. The van der Waals surface area contributed by atoms with Crippen LogP contribution in [0.1, 0.15) is 34.8 Å². The lowest BCUT2D eigenvalue weighted by Gasteiger charge is -2.25. The van der Waals surface area contributed by atoms with E-state index in [9.17, 15) is 9.18 Å². The van der Waals surface area contributed by atoms with Crippen LogP contribution in [-0.2, 0) is 0 Å². The summed E-state index contributed by atoms with van der Waals surface area (Å²) in [5.74, 6) is -0.687. The number of nitrogens with one attached hydrogen (secondary N) is 1. The topological polar surface area (TPSA) is 32.3 Å². The van der Waals surface area contributed by atoms with Gasteiger partial charge in [0.15, 0.2) is 0 Å². The average Bonchev–Trinajstić information content (AvgIpc) is 3.10. The molecule has 0 saturated carbocycles. The van der Waals surface area contributed by atoms with E-state index in [2.05, 4.69) is 26.1 Å².